The highest BCUT2D eigenvalue weighted by molar-refractivity contribution is 5.87. The van der Waals surface area contributed by atoms with Gasteiger partial charge in [-0.05, 0) is 77.9 Å². The summed E-state index contributed by atoms with van der Waals surface area (Å²) in [6, 6.07) is 18.9. The highest BCUT2D eigenvalue weighted by Gasteiger charge is 2.31. The van der Waals surface area contributed by atoms with E-state index in [9.17, 15) is 23.2 Å². The maximum absolute atomic E-state index is 13.9. The van der Waals surface area contributed by atoms with Crippen molar-refractivity contribution in [3.05, 3.63) is 106 Å². The summed E-state index contributed by atoms with van der Waals surface area (Å²) in [5.41, 5.74) is 4.16. The van der Waals surface area contributed by atoms with Crippen LogP contribution in [0.5, 0.6) is 11.5 Å². The van der Waals surface area contributed by atoms with Gasteiger partial charge in [-0.3, -0.25) is 4.79 Å². The number of hydrogen-bond donors (Lipinski definition) is 1. The van der Waals surface area contributed by atoms with Crippen molar-refractivity contribution < 1.29 is 32.5 Å². The standard InChI is InChI=1S/C38H36F3N5O4/c1-23(2)27-10-11-33(49-4)32(17-27)36-29(16-28-8-5-7-24(3)35(28)45-36)22-46(21-26-13-25(18-42)14-30(15-26)38(39,40)41)37-43-19-31(20-44-37)50-12-6-9-34(47)48/h5,7-8,10-11,13-17,19-20,23H,6,9,12,21-22H2,1-4H3,(H,47,48). The molecule has 0 saturated heterocycles. The first kappa shape index (κ1) is 35.6. The predicted molar refractivity (Wildman–Crippen MR) is 183 cm³/mol. The molecule has 50 heavy (non-hydrogen) atoms. The first-order valence-electron chi connectivity index (χ1n) is 16.0. The number of para-hydroxylation sites is 1. The molecule has 0 unspecified atom stereocenters. The van der Waals surface area contributed by atoms with Gasteiger partial charge in [0.2, 0.25) is 5.95 Å². The maximum Gasteiger partial charge on any atom is 0.416 e. The van der Waals surface area contributed by atoms with E-state index in [0.29, 0.717) is 23.6 Å². The molecule has 2 heterocycles. The van der Waals surface area contributed by atoms with Crippen LogP contribution in [-0.2, 0) is 24.1 Å². The van der Waals surface area contributed by atoms with Crippen LogP contribution in [0.2, 0.25) is 0 Å². The highest BCUT2D eigenvalue weighted by atomic mass is 19.4. The average Bonchev–Trinajstić information content (AvgIpc) is 3.09. The van der Waals surface area contributed by atoms with Crippen LogP contribution < -0.4 is 14.4 Å². The number of methoxy groups -OCH3 is 1. The van der Waals surface area contributed by atoms with Gasteiger partial charge in [0.05, 0.1) is 54.5 Å². The van der Waals surface area contributed by atoms with Crippen LogP contribution >= 0.6 is 0 Å². The summed E-state index contributed by atoms with van der Waals surface area (Å²) in [5, 5.41) is 19.3. The molecule has 2 aromatic heterocycles. The third kappa shape index (κ3) is 8.47. The zero-order valence-corrected chi connectivity index (χ0v) is 28.1. The molecule has 0 spiro atoms. The average molecular weight is 684 g/mol. The van der Waals surface area contributed by atoms with Gasteiger partial charge in [0, 0.05) is 30.5 Å². The Labute approximate surface area is 288 Å². The number of rotatable bonds is 13. The molecule has 258 valence electrons. The lowest BCUT2D eigenvalue weighted by atomic mass is 9.95. The summed E-state index contributed by atoms with van der Waals surface area (Å²) in [5.74, 6) is 0.395. The third-order valence-corrected chi connectivity index (χ3v) is 8.16. The van der Waals surface area contributed by atoms with Gasteiger partial charge in [-0.1, -0.05) is 38.1 Å². The molecular formula is C38H36F3N5O4. The number of anilines is 1. The number of carbonyl (C=O) groups is 1. The molecule has 12 heteroatoms. The summed E-state index contributed by atoms with van der Waals surface area (Å²) < 4.78 is 53.0. The fourth-order valence-electron chi connectivity index (χ4n) is 5.61. The Morgan fingerprint density at radius 3 is 2.46 bits per heavy atom. The summed E-state index contributed by atoms with van der Waals surface area (Å²) in [4.78, 5) is 26.7. The van der Waals surface area contributed by atoms with E-state index in [1.54, 1.807) is 12.0 Å². The van der Waals surface area contributed by atoms with E-state index in [1.165, 1.54) is 18.5 Å². The Kier molecular flexibility index (Phi) is 10.9. The van der Waals surface area contributed by atoms with Gasteiger partial charge in [0.25, 0.3) is 0 Å². The Hall–Kier alpha value is -5.70. The van der Waals surface area contributed by atoms with E-state index in [2.05, 4.69) is 23.8 Å². The molecular weight excluding hydrogens is 647 g/mol. The van der Waals surface area contributed by atoms with Crippen molar-refractivity contribution in [3.63, 3.8) is 0 Å². The Bertz CT molecular complexity index is 2040. The SMILES string of the molecule is COc1ccc(C(C)C)cc1-c1nc2c(C)cccc2cc1CN(Cc1cc(C#N)cc(C(F)(F)F)c1)c1ncc(OCCCC(=O)O)cn1. The Balaban J connectivity index is 1.64. The molecule has 0 saturated carbocycles. The second kappa shape index (κ2) is 15.2. The number of aromatic nitrogens is 3. The summed E-state index contributed by atoms with van der Waals surface area (Å²) in [7, 11) is 1.59. The van der Waals surface area contributed by atoms with Gasteiger partial charge in [-0.25, -0.2) is 15.0 Å². The van der Waals surface area contributed by atoms with Crippen molar-refractivity contribution in [3.8, 4) is 28.8 Å². The van der Waals surface area contributed by atoms with Crippen LogP contribution in [0.15, 0.2) is 73.1 Å². The van der Waals surface area contributed by atoms with E-state index in [-0.39, 0.29) is 49.1 Å². The van der Waals surface area contributed by atoms with E-state index in [4.69, 9.17) is 19.6 Å². The molecule has 0 aliphatic carbocycles. The molecule has 0 aliphatic rings. The number of carboxylic acids is 1. The number of benzene rings is 3. The van der Waals surface area contributed by atoms with Crippen LogP contribution in [0.1, 0.15) is 66.0 Å². The van der Waals surface area contributed by atoms with Crippen molar-refractivity contribution in [2.75, 3.05) is 18.6 Å². The van der Waals surface area contributed by atoms with Gasteiger partial charge in [0.15, 0.2) is 5.75 Å². The number of alkyl halides is 3. The van der Waals surface area contributed by atoms with Crippen LogP contribution in [0.3, 0.4) is 0 Å². The molecule has 5 aromatic rings. The Morgan fingerprint density at radius 2 is 1.80 bits per heavy atom. The topological polar surface area (TPSA) is 121 Å². The van der Waals surface area contributed by atoms with Crippen LogP contribution in [0.4, 0.5) is 19.1 Å². The summed E-state index contributed by atoms with van der Waals surface area (Å²) >= 11 is 0. The molecule has 0 radical (unpaired) electrons. The van der Waals surface area contributed by atoms with Crippen LogP contribution in [0, 0.1) is 18.3 Å². The molecule has 3 aromatic carbocycles. The lowest BCUT2D eigenvalue weighted by molar-refractivity contribution is -0.138. The lowest BCUT2D eigenvalue weighted by Gasteiger charge is -2.25. The minimum Gasteiger partial charge on any atom is -0.496 e. The second-order valence-electron chi connectivity index (χ2n) is 12.2. The van der Waals surface area contributed by atoms with Gasteiger partial charge in [-0.15, -0.1) is 0 Å². The second-order valence-corrected chi connectivity index (χ2v) is 12.2. The first-order valence-corrected chi connectivity index (χ1v) is 16.0. The molecule has 0 bridgehead atoms. The van der Waals surface area contributed by atoms with Crippen molar-refractivity contribution in [2.45, 2.75) is 58.8 Å². The number of nitriles is 1. The Morgan fingerprint density at radius 1 is 1.04 bits per heavy atom. The number of aryl methyl sites for hydroxylation is 1. The van der Waals surface area contributed by atoms with Crippen LogP contribution in [-0.4, -0.2) is 39.7 Å². The highest BCUT2D eigenvalue weighted by Crippen LogP contribution is 2.37. The minimum absolute atomic E-state index is 0.0547. The van der Waals surface area contributed by atoms with Gasteiger partial charge < -0.3 is 19.5 Å². The van der Waals surface area contributed by atoms with E-state index < -0.39 is 17.7 Å². The number of nitrogens with zero attached hydrogens (tertiary/aromatic N) is 5. The molecule has 5 rings (SSSR count). The number of pyridine rings is 1. The van der Waals surface area contributed by atoms with Gasteiger partial charge in [0.1, 0.15) is 5.75 Å². The summed E-state index contributed by atoms with van der Waals surface area (Å²) in [6.07, 6.45) is -1.56. The number of fused-ring (bicyclic) bond motifs is 1. The lowest BCUT2D eigenvalue weighted by Crippen LogP contribution is -2.25. The number of halogens is 3. The molecule has 0 aliphatic heterocycles. The number of aliphatic carboxylic acids is 1. The van der Waals surface area contributed by atoms with Crippen LogP contribution in [0.25, 0.3) is 22.2 Å². The molecule has 0 fully saturated rings. The predicted octanol–water partition coefficient (Wildman–Crippen LogP) is 8.47. The number of hydrogen-bond acceptors (Lipinski definition) is 8. The smallest absolute Gasteiger partial charge is 0.416 e. The third-order valence-electron chi connectivity index (χ3n) is 8.16. The summed E-state index contributed by atoms with van der Waals surface area (Å²) in [6.45, 7) is 6.35. The molecule has 0 amide bonds. The van der Waals surface area contributed by atoms with E-state index in [1.807, 2.05) is 55.5 Å². The van der Waals surface area contributed by atoms with Crippen molar-refractivity contribution in [1.29, 1.82) is 5.26 Å². The fraction of sp³-hybridized carbons (Fsp3) is 0.289. The monoisotopic (exact) mass is 683 g/mol. The number of carboxylic acid groups (broad SMARTS) is 1. The van der Waals surface area contributed by atoms with Gasteiger partial charge >= 0.3 is 12.1 Å². The minimum atomic E-state index is -4.66. The normalized spacial score (nSPS) is 11.4. The quantitative estimate of drug-likeness (QED) is 0.122. The van der Waals surface area contributed by atoms with Crippen molar-refractivity contribution >= 4 is 22.8 Å². The molecule has 0 atom stereocenters. The largest absolute Gasteiger partial charge is 0.496 e. The van der Waals surface area contributed by atoms with Gasteiger partial charge in [-0.2, -0.15) is 18.4 Å². The van der Waals surface area contributed by atoms with E-state index in [0.717, 1.165) is 45.3 Å². The maximum atomic E-state index is 13.9. The fourth-order valence-corrected chi connectivity index (χ4v) is 5.61. The van der Waals surface area contributed by atoms with Crippen molar-refractivity contribution in [1.82, 2.24) is 15.0 Å². The number of ether oxygens (including phenoxy) is 2. The molecule has 9 nitrogen and oxygen atoms in total. The zero-order chi connectivity index (χ0) is 36.0. The van der Waals surface area contributed by atoms with Crippen molar-refractivity contribution in [2.24, 2.45) is 0 Å². The first-order chi connectivity index (χ1) is 23.9. The zero-order valence-electron chi connectivity index (χ0n) is 28.1. The molecule has 1 N–H and O–H groups in total. The van der Waals surface area contributed by atoms with E-state index >= 15 is 0 Å².